The van der Waals surface area contributed by atoms with Crippen LogP contribution in [-0.4, -0.2) is 26.8 Å². The maximum atomic E-state index is 13.2. The first-order chi connectivity index (χ1) is 13.4. The van der Waals surface area contributed by atoms with Gasteiger partial charge in [0.2, 0.25) is 5.91 Å². The Kier molecular flexibility index (Phi) is 6.81. The second-order valence-electron chi connectivity index (χ2n) is 8.30. The molecule has 0 unspecified atom stereocenters. The number of benzene rings is 1. The molecular formula is C22H31N3O2S. The van der Waals surface area contributed by atoms with E-state index < -0.39 is 0 Å². The van der Waals surface area contributed by atoms with Crippen LogP contribution in [0.15, 0.2) is 34.2 Å². The van der Waals surface area contributed by atoms with Crippen molar-refractivity contribution in [3.63, 3.8) is 0 Å². The first-order valence-electron chi connectivity index (χ1n) is 10.3. The minimum atomic E-state index is -0.289. The third-order valence-electron chi connectivity index (χ3n) is 5.19. The molecule has 2 aromatic rings. The number of nitrogens with zero attached hydrogens (tertiary/aromatic N) is 2. The zero-order chi connectivity index (χ0) is 20.3. The average Bonchev–Trinajstić information content (AvgIpc) is 3.45. The van der Waals surface area contributed by atoms with E-state index >= 15 is 0 Å². The van der Waals surface area contributed by atoms with Gasteiger partial charge in [-0.2, -0.15) is 0 Å². The van der Waals surface area contributed by atoms with Gasteiger partial charge in [0, 0.05) is 12.1 Å². The molecule has 1 aliphatic carbocycles. The van der Waals surface area contributed by atoms with E-state index in [1.54, 1.807) is 4.57 Å². The average molecular weight is 402 g/mol. The van der Waals surface area contributed by atoms with Gasteiger partial charge in [-0.1, -0.05) is 50.6 Å². The highest BCUT2D eigenvalue weighted by Crippen LogP contribution is 2.28. The van der Waals surface area contributed by atoms with Crippen LogP contribution in [0.4, 0.5) is 0 Å². The number of amides is 1. The fourth-order valence-electron chi connectivity index (χ4n) is 3.31. The summed E-state index contributed by atoms with van der Waals surface area (Å²) in [6.07, 6.45) is 5.26. The van der Waals surface area contributed by atoms with Crippen LogP contribution in [0.1, 0.15) is 65.8 Å². The first kappa shape index (κ1) is 20.9. The molecule has 28 heavy (non-hydrogen) atoms. The van der Waals surface area contributed by atoms with Gasteiger partial charge in [0.15, 0.2) is 5.16 Å². The van der Waals surface area contributed by atoms with Crippen molar-refractivity contribution in [2.75, 3.05) is 0 Å². The third kappa shape index (κ3) is 5.16. The van der Waals surface area contributed by atoms with E-state index in [-0.39, 0.29) is 22.8 Å². The lowest BCUT2D eigenvalue weighted by atomic mass is 10.0. The lowest BCUT2D eigenvalue weighted by Crippen LogP contribution is -2.33. The summed E-state index contributed by atoms with van der Waals surface area (Å²) < 4.78 is 1.80. The second-order valence-corrected chi connectivity index (χ2v) is 9.61. The summed E-state index contributed by atoms with van der Waals surface area (Å²) in [5.74, 6) is 0.674. The Balaban J connectivity index is 1.89. The summed E-state index contributed by atoms with van der Waals surface area (Å²) >= 11 is 1.38. The normalized spacial score (nSPS) is 16.3. The van der Waals surface area contributed by atoms with Gasteiger partial charge in [-0.25, -0.2) is 4.98 Å². The predicted octanol–water partition coefficient (Wildman–Crippen LogP) is 4.54. The molecule has 1 aromatic carbocycles. The van der Waals surface area contributed by atoms with Crippen molar-refractivity contribution in [2.45, 2.75) is 82.3 Å². The van der Waals surface area contributed by atoms with Gasteiger partial charge in [-0.15, -0.1) is 0 Å². The van der Waals surface area contributed by atoms with Gasteiger partial charge in [0.25, 0.3) is 5.56 Å². The van der Waals surface area contributed by atoms with Crippen LogP contribution >= 0.6 is 11.8 Å². The van der Waals surface area contributed by atoms with Crippen molar-refractivity contribution in [3.05, 3.63) is 34.6 Å². The SMILES string of the molecule is CC(C)CCC[C@H](C)n1c(S[C@@H](C)C(=O)NC2CC2)nc2ccccc2c1=O. The minimum absolute atomic E-state index is 0.0139. The van der Waals surface area contributed by atoms with E-state index in [9.17, 15) is 9.59 Å². The molecule has 1 heterocycles. The summed E-state index contributed by atoms with van der Waals surface area (Å²) in [4.78, 5) is 30.4. The number of carbonyl (C=O) groups excluding carboxylic acids is 1. The van der Waals surface area contributed by atoms with Gasteiger partial charge < -0.3 is 5.32 Å². The zero-order valence-electron chi connectivity index (χ0n) is 17.3. The van der Waals surface area contributed by atoms with E-state index in [4.69, 9.17) is 4.98 Å². The van der Waals surface area contributed by atoms with Crippen LogP contribution in [0.2, 0.25) is 0 Å². The van der Waals surface area contributed by atoms with Gasteiger partial charge >= 0.3 is 0 Å². The van der Waals surface area contributed by atoms with Gasteiger partial charge in [-0.05, 0) is 51.2 Å². The monoisotopic (exact) mass is 401 g/mol. The van der Waals surface area contributed by atoms with E-state index in [2.05, 4.69) is 26.1 Å². The Morgan fingerprint density at radius 1 is 1.21 bits per heavy atom. The first-order valence-corrected chi connectivity index (χ1v) is 11.2. The van der Waals surface area contributed by atoms with Crippen LogP contribution in [-0.2, 0) is 4.79 Å². The fraction of sp³-hybridized carbons (Fsp3) is 0.591. The number of rotatable bonds is 9. The molecule has 1 aliphatic rings. The number of aromatic nitrogens is 2. The Morgan fingerprint density at radius 2 is 1.93 bits per heavy atom. The lowest BCUT2D eigenvalue weighted by molar-refractivity contribution is -0.120. The maximum absolute atomic E-state index is 13.2. The van der Waals surface area contributed by atoms with Crippen molar-refractivity contribution in [3.8, 4) is 0 Å². The highest BCUT2D eigenvalue weighted by molar-refractivity contribution is 8.00. The highest BCUT2D eigenvalue weighted by atomic mass is 32.2. The molecule has 0 saturated heterocycles. The van der Waals surface area contributed by atoms with Crippen LogP contribution in [0, 0.1) is 5.92 Å². The van der Waals surface area contributed by atoms with E-state index in [1.807, 2.05) is 31.2 Å². The summed E-state index contributed by atoms with van der Waals surface area (Å²) in [5.41, 5.74) is 0.676. The Bertz CT molecular complexity index is 889. The molecule has 0 bridgehead atoms. The van der Waals surface area contributed by atoms with Crippen molar-refractivity contribution < 1.29 is 4.79 Å². The van der Waals surface area contributed by atoms with Crippen LogP contribution in [0.3, 0.4) is 0 Å². The van der Waals surface area contributed by atoms with Crippen molar-refractivity contribution in [1.29, 1.82) is 0 Å². The van der Waals surface area contributed by atoms with Crippen molar-refractivity contribution in [1.82, 2.24) is 14.9 Å². The molecule has 152 valence electrons. The fourth-order valence-corrected chi connectivity index (χ4v) is 4.32. The maximum Gasteiger partial charge on any atom is 0.262 e. The number of para-hydroxylation sites is 1. The molecule has 0 spiro atoms. The lowest BCUT2D eigenvalue weighted by Gasteiger charge is -2.21. The van der Waals surface area contributed by atoms with E-state index in [0.29, 0.717) is 28.0 Å². The van der Waals surface area contributed by atoms with Crippen molar-refractivity contribution >= 4 is 28.6 Å². The summed E-state index contributed by atoms with van der Waals surface area (Å²) in [5, 5.41) is 4.03. The Hall–Kier alpha value is -1.82. The van der Waals surface area contributed by atoms with E-state index in [0.717, 1.165) is 32.1 Å². The molecule has 6 heteroatoms. The van der Waals surface area contributed by atoms with Crippen LogP contribution in [0.25, 0.3) is 10.9 Å². The molecule has 3 rings (SSSR count). The van der Waals surface area contributed by atoms with Gasteiger partial charge in [-0.3, -0.25) is 14.2 Å². The zero-order valence-corrected chi connectivity index (χ0v) is 18.1. The number of thioether (sulfide) groups is 1. The number of hydrogen-bond donors (Lipinski definition) is 1. The topological polar surface area (TPSA) is 64.0 Å². The summed E-state index contributed by atoms with van der Waals surface area (Å²) in [6.45, 7) is 8.40. The summed E-state index contributed by atoms with van der Waals surface area (Å²) in [6, 6.07) is 7.84. The Morgan fingerprint density at radius 3 is 2.61 bits per heavy atom. The smallest absolute Gasteiger partial charge is 0.262 e. The largest absolute Gasteiger partial charge is 0.352 e. The summed E-state index contributed by atoms with van der Waals surface area (Å²) in [7, 11) is 0. The quantitative estimate of drug-likeness (QED) is 0.495. The number of hydrogen-bond acceptors (Lipinski definition) is 4. The molecule has 1 N–H and O–H groups in total. The Labute approximate surface area is 171 Å². The predicted molar refractivity (Wildman–Crippen MR) is 116 cm³/mol. The molecule has 1 aromatic heterocycles. The highest BCUT2D eigenvalue weighted by Gasteiger charge is 2.27. The van der Waals surface area contributed by atoms with Crippen LogP contribution in [0.5, 0.6) is 0 Å². The number of carbonyl (C=O) groups is 1. The molecule has 1 saturated carbocycles. The minimum Gasteiger partial charge on any atom is -0.352 e. The molecule has 0 aliphatic heterocycles. The molecule has 2 atom stereocenters. The van der Waals surface area contributed by atoms with Crippen LogP contribution < -0.4 is 10.9 Å². The molecule has 1 amide bonds. The van der Waals surface area contributed by atoms with Gasteiger partial charge in [0.1, 0.15) is 0 Å². The molecule has 0 radical (unpaired) electrons. The molecule has 1 fully saturated rings. The second kappa shape index (κ2) is 9.12. The number of nitrogens with one attached hydrogen (secondary N) is 1. The standard InChI is InChI=1S/C22H31N3O2S/c1-14(2)8-7-9-15(3)25-21(27)18-10-5-6-11-19(18)24-22(25)28-16(4)20(26)23-17-12-13-17/h5-6,10-11,14-17H,7-9,12-13H2,1-4H3,(H,23,26)/t15-,16-/m0/s1. The third-order valence-corrected chi connectivity index (χ3v) is 6.26. The van der Waals surface area contributed by atoms with E-state index in [1.165, 1.54) is 11.8 Å². The number of fused-ring (bicyclic) bond motifs is 1. The van der Waals surface area contributed by atoms with Crippen molar-refractivity contribution in [2.24, 2.45) is 5.92 Å². The molecule has 5 nitrogen and oxygen atoms in total. The molecular weight excluding hydrogens is 370 g/mol. The van der Waals surface area contributed by atoms with Gasteiger partial charge in [0.05, 0.1) is 16.2 Å².